The van der Waals surface area contributed by atoms with E-state index in [-0.39, 0.29) is 30.9 Å². The highest BCUT2D eigenvalue weighted by molar-refractivity contribution is 5.85. The monoisotopic (exact) mass is 175 g/mol. The summed E-state index contributed by atoms with van der Waals surface area (Å²) < 4.78 is 4.39. The molecule has 0 saturated heterocycles. The van der Waals surface area contributed by atoms with E-state index in [1.807, 2.05) is 0 Å². The maximum atomic E-state index is 9.81. The fraction of sp³-hybridized carbons (Fsp3) is 0.750. The van der Waals surface area contributed by atoms with Crippen molar-refractivity contribution < 1.29 is 9.53 Å². The molecule has 0 aliphatic carbocycles. The normalized spacial score (nSPS) is 7.00. The Labute approximate surface area is 66.8 Å². The van der Waals surface area contributed by atoms with Crippen LogP contribution in [0.5, 0.6) is 0 Å². The van der Waals surface area contributed by atoms with Crippen molar-refractivity contribution in [1.82, 2.24) is 0 Å². The molecule has 0 aromatic rings. The quantitative estimate of drug-likeness (QED) is 0.655. The number of nitrogens with two attached hydrogens (primary N) is 1. The van der Waals surface area contributed by atoms with Crippen LogP contribution in [0.1, 0.15) is 13.8 Å². The smallest absolute Gasteiger partial charge is 0.404 e. The summed E-state index contributed by atoms with van der Waals surface area (Å²) >= 11 is 0. The molecule has 2 N–H and O–H groups in total. The van der Waals surface area contributed by atoms with Crippen LogP contribution in [0, 0.1) is 0 Å². The fourth-order valence-corrected chi connectivity index (χ4v) is 0.232. The van der Waals surface area contributed by atoms with Crippen LogP contribution in [-0.2, 0) is 4.74 Å². The number of primary amides is 1. The zero-order valence-electron chi connectivity index (χ0n) is 5.29. The maximum Gasteiger partial charge on any atom is 0.404 e. The number of hydrogen-bond donors (Lipinski definition) is 1. The van der Waals surface area contributed by atoms with Crippen LogP contribution in [0.25, 0.3) is 0 Å². The number of ether oxygens (including phenoxy) is 1. The molecule has 0 aliphatic rings. The van der Waals surface area contributed by atoms with Crippen LogP contribution in [0.2, 0.25) is 0 Å². The van der Waals surface area contributed by atoms with E-state index in [0.717, 1.165) is 0 Å². The van der Waals surface area contributed by atoms with Crippen molar-refractivity contribution in [2.24, 2.45) is 5.73 Å². The van der Waals surface area contributed by atoms with Crippen LogP contribution in [-0.4, -0.2) is 12.2 Å². The molecule has 0 heterocycles. The Morgan fingerprint density at radius 1 is 1.44 bits per heavy atom. The second-order valence-corrected chi connectivity index (χ2v) is 1.49. The number of rotatable bonds is 1. The van der Waals surface area contributed by atoms with Crippen LogP contribution >= 0.6 is 24.8 Å². The van der Waals surface area contributed by atoms with Gasteiger partial charge in [0.25, 0.3) is 0 Å². The van der Waals surface area contributed by atoms with Crippen LogP contribution in [0.15, 0.2) is 0 Å². The molecule has 5 heteroatoms. The Hall–Kier alpha value is -0.150. The summed E-state index contributed by atoms with van der Waals surface area (Å²) in [5.74, 6) is 0. The highest BCUT2D eigenvalue weighted by atomic mass is 35.5. The minimum atomic E-state index is -0.713. The van der Waals surface area contributed by atoms with E-state index < -0.39 is 6.09 Å². The van der Waals surface area contributed by atoms with Crippen molar-refractivity contribution in [3.8, 4) is 0 Å². The summed E-state index contributed by atoms with van der Waals surface area (Å²) in [7, 11) is 0. The first-order chi connectivity index (χ1) is 3.13. The van der Waals surface area contributed by atoms with Crippen LogP contribution < -0.4 is 5.73 Å². The van der Waals surface area contributed by atoms with E-state index >= 15 is 0 Å². The lowest BCUT2D eigenvalue weighted by atomic mass is 10.5. The minimum absolute atomic E-state index is 0. The molecule has 0 saturated carbocycles. The molecule has 0 aromatic carbocycles. The zero-order valence-corrected chi connectivity index (χ0v) is 6.92. The number of hydrogen-bond acceptors (Lipinski definition) is 2. The SMILES string of the molecule is CC(C)OC(N)=O.Cl.Cl. The number of carbonyl (C=O) groups excluding carboxylic acids is 1. The number of carbonyl (C=O) groups is 1. The average Bonchev–Trinajstić information content (AvgIpc) is 1.27. The molecule has 58 valence electrons. The van der Waals surface area contributed by atoms with Gasteiger partial charge in [-0.2, -0.15) is 0 Å². The van der Waals surface area contributed by atoms with Crippen molar-refractivity contribution in [2.45, 2.75) is 20.0 Å². The van der Waals surface area contributed by atoms with Gasteiger partial charge in [-0.1, -0.05) is 0 Å². The predicted octanol–water partition coefficient (Wildman–Crippen LogP) is 1.33. The molecule has 0 aliphatic heterocycles. The summed E-state index contributed by atoms with van der Waals surface area (Å²) in [5.41, 5.74) is 4.63. The van der Waals surface area contributed by atoms with Gasteiger partial charge < -0.3 is 10.5 Å². The molecule has 3 nitrogen and oxygen atoms in total. The van der Waals surface area contributed by atoms with Crippen molar-refractivity contribution >= 4 is 30.9 Å². The van der Waals surface area contributed by atoms with Gasteiger partial charge in [0.15, 0.2) is 0 Å². The molecule has 0 spiro atoms. The van der Waals surface area contributed by atoms with Gasteiger partial charge in [-0.3, -0.25) is 0 Å². The molecule has 0 unspecified atom stereocenters. The van der Waals surface area contributed by atoms with Gasteiger partial charge in [0, 0.05) is 0 Å². The molecule has 0 aromatic heterocycles. The second kappa shape index (κ2) is 7.85. The highest BCUT2D eigenvalue weighted by Crippen LogP contribution is 1.83. The molecule has 0 radical (unpaired) electrons. The maximum absolute atomic E-state index is 9.81. The first-order valence-corrected chi connectivity index (χ1v) is 2.09. The van der Waals surface area contributed by atoms with Crippen molar-refractivity contribution in [1.29, 1.82) is 0 Å². The average molecular weight is 176 g/mol. The summed E-state index contributed by atoms with van der Waals surface area (Å²) in [6.45, 7) is 3.48. The van der Waals surface area contributed by atoms with E-state index in [1.165, 1.54) is 0 Å². The summed E-state index contributed by atoms with van der Waals surface area (Å²) in [5, 5.41) is 0. The zero-order chi connectivity index (χ0) is 5.86. The van der Waals surface area contributed by atoms with E-state index in [2.05, 4.69) is 10.5 Å². The lowest BCUT2D eigenvalue weighted by Gasteiger charge is -2.01. The lowest BCUT2D eigenvalue weighted by molar-refractivity contribution is 0.125. The molecule has 0 atom stereocenters. The third kappa shape index (κ3) is 18.1. The Bertz CT molecular complexity index is 77.0. The predicted molar refractivity (Wildman–Crippen MR) is 40.3 cm³/mol. The molecule has 0 rings (SSSR count). The van der Waals surface area contributed by atoms with Crippen molar-refractivity contribution in [3.05, 3.63) is 0 Å². The number of halogens is 2. The van der Waals surface area contributed by atoms with E-state index in [0.29, 0.717) is 0 Å². The number of amides is 1. The van der Waals surface area contributed by atoms with Gasteiger partial charge in [-0.25, -0.2) is 4.79 Å². The Balaban J connectivity index is -0.000000180. The van der Waals surface area contributed by atoms with Gasteiger partial charge in [0.05, 0.1) is 6.10 Å². The van der Waals surface area contributed by atoms with Gasteiger partial charge in [0.2, 0.25) is 0 Å². The Morgan fingerprint density at radius 2 is 1.78 bits per heavy atom. The van der Waals surface area contributed by atoms with Crippen molar-refractivity contribution in [3.63, 3.8) is 0 Å². The Kier molecular flexibility index (Phi) is 13.9. The van der Waals surface area contributed by atoms with E-state index in [9.17, 15) is 4.79 Å². The topological polar surface area (TPSA) is 52.3 Å². The first-order valence-electron chi connectivity index (χ1n) is 2.09. The first kappa shape index (κ1) is 15.9. The lowest BCUT2D eigenvalue weighted by Crippen LogP contribution is -2.17. The molecule has 1 amide bonds. The van der Waals surface area contributed by atoms with E-state index in [1.54, 1.807) is 13.8 Å². The van der Waals surface area contributed by atoms with E-state index in [4.69, 9.17) is 0 Å². The fourth-order valence-electron chi connectivity index (χ4n) is 0.232. The third-order valence-corrected chi connectivity index (χ3v) is 0.352. The van der Waals surface area contributed by atoms with Gasteiger partial charge in [-0.05, 0) is 13.8 Å². The standard InChI is InChI=1S/C4H9NO2.2ClH/c1-3(2)7-4(5)6;;/h3H,1-2H3,(H2,5,6);2*1H. The third-order valence-electron chi connectivity index (χ3n) is 0.352. The largest absolute Gasteiger partial charge is 0.447 e. The molecular formula is C4H11Cl2NO2. The summed E-state index contributed by atoms with van der Waals surface area (Å²) in [6, 6.07) is 0. The molecule has 9 heavy (non-hydrogen) atoms. The summed E-state index contributed by atoms with van der Waals surface area (Å²) in [6.07, 6.45) is -0.813. The Morgan fingerprint density at radius 3 is 1.78 bits per heavy atom. The van der Waals surface area contributed by atoms with Gasteiger partial charge in [-0.15, -0.1) is 24.8 Å². The van der Waals surface area contributed by atoms with Gasteiger partial charge in [0.1, 0.15) is 0 Å². The van der Waals surface area contributed by atoms with Gasteiger partial charge >= 0.3 is 6.09 Å². The molecule has 0 fully saturated rings. The second-order valence-electron chi connectivity index (χ2n) is 1.49. The van der Waals surface area contributed by atoms with Crippen LogP contribution in [0.4, 0.5) is 4.79 Å². The highest BCUT2D eigenvalue weighted by Gasteiger charge is 1.94. The van der Waals surface area contributed by atoms with Crippen LogP contribution in [0.3, 0.4) is 0 Å². The summed E-state index contributed by atoms with van der Waals surface area (Å²) in [4.78, 5) is 9.81. The molecule has 0 bridgehead atoms. The van der Waals surface area contributed by atoms with Crippen molar-refractivity contribution in [2.75, 3.05) is 0 Å². The molecular weight excluding hydrogens is 165 g/mol. The minimum Gasteiger partial charge on any atom is -0.447 e.